The molecular weight excluding hydrogens is 370 g/mol. The van der Waals surface area contributed by atoms with Gasteiger partial charge in [-0.15, -0.1) is 0 Å². The predicted molar refractivity (Wildman–Crippen MR) is 119 cm³/mol. The third-order valence-corrected chi connectivity index (χ3v) is 7.16. The Morgan fingerprint density at radius 3 is 2.63 bits per heavy atom. The molecule has 0 saturated heterocycles. The lowest BCUT2D eigenvalue weighted by molar-refractivity contribution is -0.126. The molecule has 2 bridgehead atoms. The topological polar surface area (TPSA) is 57.8 Å². The Hall–Kier alpha value is -3.06. The van der Waals surface area contributed by atoms with E-state index in [1.165, 1.54) is 35.7 Å². The number of rotatable bonds is 5. The molecule has 2 saturated carbocycles. The van der Waals surface area contributed by atoms with Crippen molar-refractivity contribution in [2.45, 2.75) is 38.1 Å². The van der Waals surface area contributed by atoms with Crippen LogP contribution in [0.1, 0.15) is 31.2 Å². The van der Waals surface area contributed by atoms with Crippen LogP contribution in [0, 0.1) is 29.1 Å². The molecule has 0 radical (unpaired) electrons. The second-order valence-electron chi connectivity index (χ2n) is 9.07. The van der Waals surface area contributed by atoms with Crippen molar-refractivity contribution >= 4 is 16.8 Å². The number of aromatic nitrogens is 1. The van der Waals surface area contributed by atoms with E-state index in [2.05, 4.69) is 77.7 Å². The number of hydrogen-bond donors (Lipinski definition) is 1. The molecule has 1 heterocycles. The fourth-order valence-corrected chi connectivity index (χ4v) is 5.50. The maximum absolute atomic E-state index is 12.7. The van der Waals surface area contributed by atoms with Crippen LogP contribution in [0.3, 0.4) is 0 Å². The Bertz CT molecular complexity index is 1120. The minimum atomic E-state index is -0.469. The number of fused-ring (bicyclic) bond motifs is 3. The van der Waals surface area contributed by atoms with E-state index in [1.807, 2.05) is 0 Å². The van der Waals surface area contributed by atoms with Crippen LogP contribution in [0.5, 0.6) is 0 Å². The van der Waals surface area contributed by atoms with Gasteiger partial charge in [-0.05, 0) is 66.0 Å². The molecule has 152 valence electrons. The lowest BCUT2D eigenvalue weighted by Gasteiger charge is -2.22. The van der Waals surface area contributed by atoms with Gasteiger partial charge in [-0.1, -0.05) is 36.8 Å². The monoisotopic (exact) mass is 397 g/mol. The van der Waals surface area contributed by atoms with Crippen molar-refractivity contribution in [2.24, 2.45) is 24.8 Å². The van der Waals surface area contributed by atoms with E-state index in [-0.39, 0.29) is 11.8 Å². The highest BCUT2D eigenvalue weighted by atomic mass is 16.2. The number of benzene rings is 2. The fraction of sp³-hybridized carbons (Fsp3) is 0.385. The van der Waals surface area contributed by atoms with Crippen molar-refractivity contribution in [3.63, 3.8) is 0 Å². The zero-order valence-corrected chi connectivity index (χ0v) is 17.3. The van der Waals surface area contributed by atoms with Gasteiger partial charge in [0.25, 0.3) is 0 Å². The van der Waals surface area contributed by atoms with Crippen molar-refractivity contribution in [2.75, 3.05) is 0 Å². The second kappa shape index (κ2) is 7.65. The van der Waals surface area contributed by atoms with E-state index in [1.54, 1.807) is 0 Å². The maximum Gasteiger partial charge on any atom is 0.224 e. The summed E-state index contributed by atoms with van der Waals surface area (Å²) in [6.07, 6.45) is 7.28. The summed E-state index contributed by atoms with van der Waals surface area (Å²) in [5, 5.41) is 13.8. The van der Waals surface area contributed by atoms with E-state index in [4.69, 9.17) is 0 Å². The van der Waals surface area contributed by atoms with Crippen LogP contribution in [0.15, 0.2) is 54.7 Å². The molecule has 3 aromatic rings. The third-order valence-electron chi connectivity index (χ3n) is 7.16. The van der Waals surface area contributed by atoms with Gasteiger partial charge in [-0.3, -0.25) is 4.79 Å². The lowest BCUT2D eigenvalue weighted by atomic mass is 9.88. The van der Waals surface area contributed by atoms with Gasteiger partial charge in [-0.2, -0.15) is 5.26 Å². The van der Waals surface area contributed by atoms with Gasteiger partial charge in [0.15, 0.2) is 0 Å². The lowest BCUT2D eigenvalue weighted by Crippen LogP contribution is -2.40. The zero-order chi connectivity index (χ0) is 20.7. The molecule has 2 aromatic carbocycles. The van der Waals surface area contributed by atoms with Crippen molar-refractivity contribution in [1.29, 1.82) is 5.26 Å². The molecule has 1 amide bonds. The van der Waals surface area contributed by atoms with Gasteiger partial charge in [-0.25, -0.2) is 0 Å². The second-order valence-corrected chi connectivity index (χ2v) is 9.07. The van der Waals surface area contributed by atoms with E-state index in [0.29, 0.717) is 12.3 Å². The number of aryl methyl sites for hydroxylation is 1. The normalized spacial score (nSPS) is 23.4. The molecule has 0 aliphatic heterocycles. The molecule has 4 atom stereocenters. The fourth-order valence-electron chi connectivity index (χ4n) is 5.50. The van der Waals surface area contributed by atoms with Crippen LogP contribution in [0.2, 0.25) is 0 Å². The third kappa shape index (κ3) is 3.50. The molecule has 1 aromatic heterocycles. The maximum atomic E-state index is 12.7. The van der Waals surface area contributed by atoms with Crippen LogP contribution in [-0.2, 0) is 18.3 Å². The minimum Gasteiger partial charge on any atom is -0.351 e. The van der Waals surface area contributed by atoms with E-state index in [0.717, 1.165) is 23.5 Å². The first-order valence-corrected chi connectivity index (χ1v) is 10.9. The number of nitrogens with zero attached hydrogens (tertiary/aromatic N) is 2. The Kier molecular flexibility index (Phi) is 4.83. The Morgan fingerprint density at radius 1 is 1.13 bits per heavy atom. The summed E-state index contributed by atoms with van der Waals surface area (Å²) in [5.41, 5.74) is 4.63. The number of nitrogens with one attached hydrogen (secondary N) is 1. The summed E-state index contributed by atoms with van der Waals surface area (Å²) in [4.78, 5) is 12.7. The van der Waals surface area contributed by atoms with E-state index in [9.17, 15) is 10.1 Å². The van der Waals surface area contributed by atoms with E-state index < -0.39 is 6.04 Å². The van der Waals surface area contributed by atoms with Crippen LogP contribution >= 0.6 is 0 Å². The zero-order valence-electron chi connectivity index (χ0n) is 17.3. The number of carbonyl (C=O) groups excluding carboxylic acids is 1. The number of carbonyl (C=O) groups is 1. The average Bonchev–Trinajstić information content (AvgIpc) is 3.50. The Morgan fingerprint density at radius 2 is 1.93 bits per heavy atom. The Labute approximate surface area is 177 Å². The van der Waals surface area contributed by atoms with Crippen molar-refractivity contribution in [1.82, 2.24) is 9.88 Å². The summed E-state index contributed by atoms with van der Waals surface area (Å²) < 4.78 is 2.12. The molecule has 5 rings (SSSR count). The highest BCUT2D eigenvalue weighted by Crippen LogP contribution is 2.48. The summed E-state index contributed by atoms with van der Waals surface area (Å²) >= 11 is 0. The molecular formula is C26H27N3O. The van der Waals surface area contributed by atoms with Crippen molar-refractivity contribution in [3.05, 3.63) is 60.3 Å². The number of amides is 1. The van der Waals surface area contributed by atoms with Crippen molar-refractivity contribution < 1.29 is 4.79 Å². The first kappa shape index (κ1) is 18.9. The SMILES string of the molecule is Cn1ccc2cc(-c3ccc(C[C@@H](C#N)NC(=O)[C@H]4C[C@@H]5CC[C@H]4C5)cc3)ccc21. The standard InChI is InChI=1S/C26H27N3O/c1-29-11-10-22-15-20(8-9-25(22)29)19-5-2-17(3-6-19)13-23(16-27)28-26(30)24-14-18-4-7-21(24)12-18/h2-3,5-6,8-11,15,18,21,23-24H,4,7,12-14H2,1H3,(H,28,30)/t18-,21+,23+,24+/m1/s1. The minimum absolute atomic E-state index is 0.0848. The highest BCUT2D eigenvalue weighted by Gasteiger charge is 2.43. The number of nitriles is 1. The molecule has 2 fully saturated rings. The molecule has 2 aliphatic carbocycles. The van der Waals surface area contributed by atoms with Gasteiger partial charge < -0.3 is 9.88 Å². The largest absolute Gasteiger partial charge is 0.351 e. The van der Waals surface area contributed by atoms with Gasteiger partial charge in [0, 0.05) is 36.5 Å². The molecule has 4 nitrogen and oxygen atoms in total. The predicted octanol–water partition coefficient (Wildman–Crippen LogP) is 4.83. The van der Waals surface area contributed by atoms with Crippen molar-refractivity contribution in [3.8, 4) is 17.2 Å². The van der Waals surface area contributed by atoms with Gasteiger partial charge >= 0.3 is 0 Å². The summed E-state index contributed by atoms with van der Waals surface area (Å²) in [6.45, 7) is 0. The van der Waals surface area contributed by atoms with Gasteiger partial charge in [0.2, 0.25) is 5.91 Å². The average molecular weight is 398 g/mol. The molecule has 2 aliphatic rings. The summed E-state index contributed by atoms with van der Waals surface area (Å²) in [7, 11) is 2.05. The summed E-state index contributed by atoms with van der Waals surface area (Å²) in [6, 6.07) is 18.8. The van der Waals surface area contributed by atoms with Crippen LogP contribution < -0.4 is 5.32 Å². The molecule has 4 heteroatoms. The smallest absolute Gasteiger partial charge is 0.224 e. The van der Waals surface area contributed by atoms with Gasteiger partial charge in [0.1, 0.15) is 6.04 Å². The molecule has 0 unspecified atom stereocenters. The van der Waals surface area contributed by atoms with Crippen LogP contribution in [0.25, 0.3) is 22.0 Å². The molecule has 1 N–H and O–H groups in total. The first-order chi connectivity index (χ1) is 14.6. The molecule has 0 spiro atoms. The van der Waals surface area contributed by atoms with Crippen LogP contribution in [0.4, 0.5) is 0 Å². The Balaban J connectivity index is 1.25. The van der Waals surface area contributed by atoms with Crippen LogP contribution in [-0.4, -0.2) is 16.5 Å². The van der Waals surface area contributed by atoms with Gasteiger partial charge in [0.05, 0.1) is 6.07 Å². The van der Waals surface area contributed by atoms with E-state index >= 15 is 0 Å². The highest BCUT2D eigenvalue weighted by molar-refractivity contribution is 5.85. The number of hydrogen-bond acceptors (Lipinski definition) is 2. The quantitative estimate of drug-likeness (QED) is 0.670. The molecule has 30 heavy (non-hydrogen) atoms. The summed E-state index contributed by atoms with van der Waals surface area (Å²) in [5.74, 6) is 1.47. The first-order valence-electron chi connectivity index (χ1n) is 10.9.